The second kappa shape index (κ2) is 26.9. The Kier molecular flexibility index (Phi) is 29.6. The Balaban J connectivity index is -0.000000414. The second-order valence-electron chi connectivity index (χ2n) is 9.05. The molecule has 0 aromatic heterocycles. The first-order chi connectivity index (χ1) is 15.8. The first-order valence-electron chi connectivity index (χ1n) is 14.2. The Morgan fingerprint density at radius 2 is 1.09 bits per heavy atom. The summed E-state index contributed by atoms with van der Waals surface area (Å²) in [4.78, 5) is 0. The zero-order chi connectivity index (χ0) is 26.1. The van der Waals surface area contributed by atoms with Gasteiger partial charge in [-0.25, -0.2) is 0 Å². The summed E-state index contributed by atoms with van der Waals surface area (Å²) < 4.78 is 0. The van der Waals surface area contributed by atoms with Crippen LogP contribution >= 0.6 is 0 Å². The standard InChI is InChI=1S/C15H30.2C7H10.2C2H6/c1-7-12(4)14(6)10-11-15(9-3)13(5)8-2;2*1-7-5-3-2-4-6-7;2*1-2/h10-15H,7-9H2,1-6H3;2*2-3,5H,4,6H2,1H3;2*1-2H3/b11-10-;;;;. The molecule has 0 N–H and O–H groups in total. The maximum atomic E-state index is 2.46. The van der Waals surface area contributed by atoms with E-state index >= 15 is 0 Å². The molecule has 0 bridgehead atoms. The van der Waals surface area contributed by atoms with Crippen LogP contribution in [0.3, 0.4) is 0 Å². The summed E-state index contributed by atoms with van der Waals surface area (Å²) in [5.74, 6) is 3.15. The van der Waals surface area contributed by atoms with Crippen LogP contribution in [-0.4, -0.2) is 0 Å². The fourth-order valence-electron chi connectivity index (χ4n) is 3.36. The molecule has 2 aliphatic rings. The largest absolute Gasteiger partial charge is 0.0851 e. The molecule has 2 aliphatic carbocycles. The molecule has 0 aromatic rings. The van der Waals surface area contributed by atoms with Gasteiger partial charge in [0.1, 0.15) is 0 Å². The van der Waals surface area contributed by atoms with Crippen LogP contribution in [0.5, 0.6) is 0 Å². The minimum absolute atomic E-state index is 0.730. The van der Waals surface area contributed by atoms with E-state index in [1.807, 2.05) is 27.7 Å². The van der Waals surface area contributed by atoms with E-state index in [-0.39, 0.29) is 0 Å². The van der Waals surface area contributed by atoms with E-state index in [4.69, 9.17) is 0 Å². The predicted octanol–water partition coefficient (Wildman–Crippen LogP) is 11.9. The molecule has 0 radical (unpaired) electrons. The normalized spacial score (nSPS) is 17.7. The van der Waals surface area contributed by atoms with Crippen molar-refractivity contribution in [2.75, 3.05) is 0 Å². The monoisotopic (exact) mass is 458 g/mol. The van der Waals surface area contributed by atoms with Crippen LogP contribution in [0.15, 0.2) is 59.8 Å². The number of hydrogen-bond acceptors (Lipinski definition) is 0. The molecule has 0 amide bonds. The zero-order valence-electron chi connectivity index (χ0n) is 24.9. The summed E-state index contributed by atoms with van der Waals surface area (Å²) in [6, 6.07) is 0. The highest BCUT2D eigenvalue weighted by Gasteiger charge is 2.12. The van der Waals surface area contributed by atoms with Gasteiger partial charge >= 0.3 is 0 Å². The van der Waals surface area contributed by atoms with Gasteiger partial charge in [0.2, 0.25) is 0 Å². The van der Waals surface area contributed by atoms with Gasteiger partial charge in [0, 0.05) is 0 Å². The molecule has 33 heavy (non-hydrogen) atoms. The van der Waals surface area contributed by atoms with E-state index in [2.05, 4.69) is 104 Å². The van der Waals surface area contributed by atoms with Crippen molar-refractivity contribution in [2.45, 2.75) is 128 Å². The Morgan fingerprint density at radius 1 is 0.667 bits per heavy atom. The summed E-state index contributed by atoms with van der Waals surface area (Å²) >= 11 is 0. The molecule has 0 heterocycles. The zero-order valence-corrected chi connectivity index (χ0v) is 24.9. The average Bonchev–Trinajstić information content (AvgIpc) is 2.87. The first-order valence-corrected chi connectivity index (χ1v) is 14.2. The fourth-order valence-corrected chi connectivity index (χ4v) is 3.36. The average molecular weight is 459 g/mol. The molecule has 0 fully saturated rings. The molecule has 4 atom stereocenters. The Labute approximate surface area is 211 Å². The number of rotatable bonds is 7. The van der Waals surface area contributed by atoms with Gasteiger partial charge in [-0.3, -0.25) is 0 Å². The lowest BCUT2D eigenvalue weighted by Gasteiger charge is -2.19. The van der Waals surface area contributed by atoms with Gasteiger partial charge in [-0.05, 0) is 69.6 Å². The van der Waals surface area contributed by atoms with Crippen LogP contribution in [0, 0.1) is 23.7 Å². The lowest BCUT2D eigenvalue weighted by atomic mass is 9.86. The van der Waals surface area contributed by atoms with Crippen LogP contribution in [0.4, 0.5) is 0 Å². The predicted molar refractivity (Wildman–Crippen MR) is 158 cm³/mol. The van der Waals surface area contributed by atoms with Crippen molar-refractivity contribution in [3.63, 3.8) is 0 Å². The van der Waals surface area contributed by atoms with Crippen LogP contribution in [0.25, 0.3) is 0 Å². The lowest BCUT2D eigenvalue weighted by molar-refractivity contribution is 0.397. The fraction of sp³-hybridized carbons (Fsp3) is 0.697. The van der Waals surface area contributed by atoms with E-state index in [1.54, 1.807) is 0 Å². The quantitative estimate of drug-likeness (QED) is 0.333. The molecule has 0 spiro atoms. The molecular weight excluding hydrogens is 396 g/mol. The smallest absolute Gasteiger partial charge is 0.0210 e. The maximum Gasteiger partial charge on any atom is -0.0210 e. The molecule has 0 saturated heterocycles. The summed E-state index contributed by atoms with van der Waals surface area (Å²) in [6.45, 7) is 26.3. The van der Waals surface area contributed by atoms with E-state index < -0.39 is 0 Å². The van der Waals surface area contributed by atoms with Gasteiger partial charge in [-0.2, -0.15) is 0 Å². The lowest BCUT2D eigenvalue weighted by Crippen LogP contribution is -2.09. The van der Waals surface area contributed by atoms with Crippen molar-refractivity contribution >= 4 is 0 Å². The van der Waals surface area contributed by atoms with Crippen LogP contribution < -0.4 is 0 Å². The van der Waals surface area contributed by atoms with Gasteiger partial charge in [0.15, 0.2) is 0 Å². The molecular formula is C33H62. The van der Waals surface area contributed by atoms with E-state index in [0.717, 1.165) is 23.7 Å². The third kappa shape index (κ3) is 22.3. The summed E-state index contributed by atoms with van der Waals surface area (Å²) in [6.07, 6.45) is 26.7. The molecule has 0 saturated carbocycles. The van der Waals surface area contributed by atoms with Gasteiger partial charge < -0.3 is 0 Å². The van der Waals surface area contributed by atoms with Crippen molar-refractivity contribution < 1.29 is 0 Å². The van der Waals surface area contributed by atoms with Crippen molar-refractivity contribution in [3.05, 3.63) is 59.8 Å². The SMILES string of the molecule is CC.CC.CC1=CC=CCC1.CC1=CC=CCC1.CCC(C)C(C)/C=C\C(CC)C(C)CC. The van der Waals surface area contributed by atoms with E-state index in [0.29, 0.717) is 0 Å². The van der Waals surface area contributed by atoms with E-state index in [9.17, 15) is 0 Å². The molecule has 194 valence electrons. The molecule has 4 unspecified atom stereocenters. The van der Waals surface area contributed by atoms with Crippen molar-refractivity contribution in [2.24, 2.45) is 23.7 Å². The highest BCUT2D eigenvalue weighted by Crippen LogP contribution is 2.23. The summed E-state index contributed by atoms with van der Waals surface area (Å²) in [5.41, 5.74) is 3.00. The van der Waals surface area contributed by atoms with Gasteiger partial charge in [-0.15, -0.1) is 0 Å². The summed E-state index contributed by atoms with van der Waals surface area (Å²) in [5, 5.41) is 0. The van der Waals surface area contributed by atoms with Gasteiger partial charge in [0.05, 0.1) is 0 Å². The van der Waals surface area contributed by atoms with Crippen LogP contribution in [-0.2, 0) is 0 Å². The Morgan fingerprint density at radius 3 is 1.33 bits per heavy atom. The van der Waals surface area contributed by atoms with Crippen LogP contribution in [0.2, 0.25) is 0 Å². The van der Waals surface area contributed by atoms with Crippen molar-refractivity contribution in [1.29, 1.82) is 0 Å². The molecule has 0 aliphatic heterocycles. The highest BCUT2D eigenvalue weighted by molar-refractivity contribution is 5.15. The number of allylic oxidation sites excluding steroid dienone is 10. The molecule has 0 aromatic carbocycles. The van der Waals surface area contributed by atoms with E-state index in [1.165, 1.54) is 56.1 Å². The minimum Gasteiger partial charge on any atom is -0.0851 e. The van der Waals surface area contributed by atoms with Gasteiger partial charge in [0.25, 0.3) is 0 Å². The van der Waals surface area contributed by atoms with Crippen molar-refractivity contribution in [1.82, 2.24) is 0 Å². The molecule has 0 nitrogen and oxygen atoms in total. The number of hydrogen-bond donors (Lipinski definition) is 0. The van der Waals surface area contributed by atoms with Crippen molar-refractivity contribution in [3.8, 4) is 0 Å². The Bertz CT molecular complexity index is 510. The third-order valence-corrected chi connectivity index (χ3v) is 6.49. The second-order valence-corrected chi connectivity index (χ2v) is 9.05. The van der Waals surface area contributed by atoms with Gasteiger partial charge in [-0.1, -0.05) is 142 Å². The minimum atomic E-state index is 0.730. The Hall–Kier alpha value is -1.30. The molecule has 2 rings (SSSR count). The van der Waals surface area contributed by atoms with Crippen LogP contribution in [0.1, 0.15) is 128 Å². The third-order valence-electron chi connectivity index (χ3n) is 6.49. The molecule has 0 heteroatoms. The highest BCUT2D eigenvalue weighted by atomic mass is 14.2. The topological polar surface area (TPSA) is 0 Å². The maximum absolute atomic E-state index is 2.46. The summed E-state index contributed by atoms with van der Waals surface area (Å²) in [7, 11) is 0. The first kappa shape index (κ1) is 36.3.